The third-order valence-corrected chi connectivity index (χ3v) is 3.91. The fourth-order valence-electron chi connectivity index (χ4n) is 2.17. The zero-order valence-corrected chi connectivity index (χ0v) is 14.4. The lowest BCUT2D eigenvalue weighted by atomic mass is 10.3. The van der Waals surface area contributed by atoms with Gasteiger partial charge in [-0.2, -0.15) is 5.10 Å². The molecule has 2 aromatic heterocycles. The first kappa shape index (κ1) is 16.4. The number of nitrogens with two attached hydrogens (primary N) is 1. The van der Waals surface area contributed by atoms with Crippen LogP contribution >= 0.6 is 23.2 Å². The lowest BCUT2D eigenvalue weighted by Gasteiger charge is -2.03. The Bertz CT molecular complexity index is 903. The summed E-state index contributed by atoms with van der Waals surface area (Å²) in [6.45, 7) is 0.553. The second-order valence-corrected chi connectivity index (χ2v) is 6.09. The number of benzene rings is 1. The van der Waals surface area contributed by atoms with Crippen LogP contribution in [0.3, 0.4) is 0 Å². The number of aryl methyl sites for hydroxylation is 1. The van der Waals surface area contributed by atoms with Crippen molar-refractivity contribution >= 4 is 40.4 Å². The summed E-state index contributed by atoms with van der Waals surface area (Å²) in [5, 5.41) is 13.5. The molecule has 8 heteroatoms. The molecule has 0 aliphatic heterocycles. The summed E-state index contributed by atoms with van der Waals surface area (Å²) in [7, 11) is 1.96. The standard InChI is InChI=1S/C16H15Cl2N6/c1-23-6-2-3-11(9-23)10-24-16(19)15(8-20-24)22-21-14-5-4-12(17)7-13(14)18/h2-9H,10,19H2,1H3/q+1. The Morgan fingerprint density at radius 1 is 1.21 bits per heavy atom. The van der Waals surface area contributed by atoms with E-state index in [-0.39, 0.29) is 0 Å². The number of nitrogens with zero attached hydrogens (tertiary/aromatic N) is 5. The van der Waals surface area contributed by atoms with Gasteiger partial charge in [0, 0.05) is 16.7 Å². The van der Waals surface area contributed by atoms with Gasteiger partial charge in [0.2, 0.25) is 0 Å². The Labute approximate surface area is 149 Å². The molecule has 6 nitrogen and oxygen atoms in total. The van der Waals surface area contributed by atoms with Gasteiger partial charge in [-0.3, -0.25) is 0 Å². The molecule has 0 saturated carbocycles. The van der Waals surface area contributed by atoms with Crippen molar-refractivity contribution in [3.05, 3.63) is 64.5 Å². The molecule has 2 N–H and O–H groups in total. The minimum absolute atomic E-state index is 0.425. The van der Waals surface area contributed by atoms with E-state index in [1.54, 1.807) is 29.1 Å². The van der Waals surface area contributed by atoms with E-state index in [1.165, 1.54) is 0 Å². The fourth-order valence-corrected chi connectivity index (χ4v) is 2.62. The van der Waals surface area contributed by atoms with Gasteiger partial charge in [0.05, 0.1) is 17.8 Å². The third kappa shape index (κ3) is 3.72. The minimum Gasteiger partial charge on any atom is -0.382 e. The van der Waals surface area contributed by atoms with E-state index in [0.717, 1.165) is 5.56 Å². The molecular weight excluding hydrogens is 347 g/mol. The normalized spacial score (nSPS) is 11.3. The molecule has 0 fully saturated rings. The first-order valence-corrected chi connectivity index (χ1v) is 7.91. The van der Waals surface area contributed by atoms with E-state index in [2.05, 4.69) is 15.3 Å². The van der Waals surface area contributed by atoms with Crippen molar-refractivity contribution in [1.82, 2.24) is 9.78 Å². The highest BCUT2D eigenvalue weighted by molar-refractivity contribution is 6.36. The minimum atomic E-state index is 0.425. The fraction of sp³-hybridized carbons (Fsp3) is 0.125. The third-order valence-electron chi connectivity index (χ3n) is 3.37. The molecule has 0 amide bonds. The van der Waals surface area contributed by atoms with E-state index >= 15 is 0 Å². The Morgan fingerprint density at radius 2 is 2.00 bits per heavy atom. The summed E-state index contributed by atoms with van der Waals surface area (Å²) >= 11 is 11.9. The van der Waals surface area contributed by atoms with Gasteiger partial charge in [-0.05, 0) is 24.3 Å². The molecule has 24 heavy (non-hydrogen) atoms. The molecule has 0 radical (unpaired) electrons. The first-order valence-electron chi connectivity index (χ1n) is 7.15. The Kier molecular flexibility index (Phi) is 4.78. The number of aromatic nitrogens is 3. The van der Waals surface area contributed by atoms with Crippen molar-refractivity contribution in [1.29, 1.82) is 0 Å². The molecule has 0 spiro atoms. The van der Waals surface area contributed by atoms with Gasteiger partial charge in [0.1, 0.15) is 24.2 Å². The van der Waals surface area contributed by atoms with E-state index in [0.29, 0.717) is 33.8 Å². The van der Waals surface area contributed by atoms with Gasteiger partial charge in [0.15, 0.2) is 12.4 Å². The quantitative estimate of drug-likeness (QED) is 0.562. The summed E-state index contributed by atoms with van der Waals surface area (Å²) < 4.78 is 3.64. The molecule has 0 bridgehead atoms. The summed E-state index contributed by atoms with van der Waals surface area (Å²) in [6, 6.07) is 8.98. The van der Waals surface area contributed by atoms with Crippen LogP contribution in [-0.2, 0) is 13.6 Å². The van der Waals surface area contributed by atoms with Gasteiger partial charge in [-0.1, -0.05) is 23.2 Å². The summed E-state index contributed by atoms with van der Waals surface area (Å²) in [4.78, 5) is 0. The molecule has 1 aromatic carbocycles. The van der Waals surface area contributed by atoms with Gasteiger partial charge in [-0.25, -0.2) is 9.25 Å². The van der Waals surface area contributed by atoms with Crippen LogP contribution < -0.4 is 10.3 Å². The van der Waals surface area contributed by atoms with Crippen molar-refractivity contribution in [2.45, 2.75) is 6.54 Å². The highest BCUT2D eigenvalue weighted by Gasteiger charge is 2.09. The number of nitrogen functional groups attached to an aromatic ring is 1. The second-order valence-electron chi connectivity index (χ2n) is 5.25. The molecule has 0 saturated heterocycles. The molecule has 122 valence electrons. The monoisotopic (exact) mass is 361 g/mol. The number of pyridine rings is 1. The predicted octanol–water partition coefficient (Wildman–Crippen LogP) is 4.06. The maximum absolute atomic E-state index is 6.10. The number of anilines is 1. The van der Waals surface area contributed by atoms with E-state index < -0.39 is 0 Å². The van der Waals surface area contributed by atoms with Crippen LogP contribution in [0.1, 0.15) is 5.56 Å². The number of rotatable bonds is 4. The molecule has 0 unspecified atom stereocenters. The van der Waals surface area contributed by atoms with Crippen molar-refractivity contribution in [3.63, 3.8) is 0 Å². The summed E-state index contributed by atoms with van der Waals surface area (Å²) in [5.41, 5.74) is 8.19. The average Bonchev–Trinajstić information content (AvgIpc) is 2.87. The van der Waals surface area contributed by atoms with Crippen molar-refractivity contribution in [2.24, 2.45) is 17.3 Å². The van der Waals surface area contributed by atoms with Crippen molar-refractivity contribution < 1.29 is 4.57 Å². The van der Waals surface area contributed by atoms with Crippen LogP contribution in [0.25, 0.3) is 0 Å². The topological polar surface area (TPSA) is 72.4 Å². The molecule has 0 aliphatic rings. The number of halogens is 2. The Morgan fingerprint density at radius 3 is 2.75 bits per heavy atom. The molecule has 0 aliphatic carbocycles. The zero-order valence-electron chi connectivity index (χ0n) is 12.9. The lowest BCUT2D eigenvalue weighted by molar-refractivity contribution is -0.671. The summed E-state index contributed by atoms with van der Waals surface area (Å²) in [6.07, 6.45) is 5.55. The van der Waals surface area contributed by atoms with Crippen LogP contribution in [-0.4, -0.2) is 9.78 Å². The van der Waals surface area contributed by atoms with Crippen LogP contribution in [0.15, 0.2) is 59.2 Å². The molecule has 3 aromatic rings. The lowest BCUT2D eigenvalue weighted by Crippen LogP contribution is -2.27. The zero-order chi connectivity index (χ0) is 17.1. The van der Waals surface area contributed by atoms with Crippen LogP contribution in [0.5, 0.6) is 0 Å². The molecular formula is C16H15Cl2N6+. The van der Waals surface area contributed by atoms with Gasteiger partial charge < -0.3 is 5.73 Å². The average molecular weight is 362 g/mol. The summed E-state index contributed by atoms with van der Waals surface area (Å²) in [5.74, 6) is 0.440. The maximum atomic E-state index is 6.10. The number of hydrogen-bond acceptors (Lipinski definition) is 4. The maximum Gasteiger partial charge on any atom is 0.173 e. The van der Waals surface area contributed by atoms with Crippen LogP contribution in [0.2, 0.25) is 10.0 Å². The van der Waals surface area contributed by atoms with Crippen molar-refractivity contribution in [3.8, 4) is 0 Å². The smallest absolute Gasteiger partial charge is 0.173 e. The van der Waals surface area contributed by atoms with Gasteiger partial charge in [0.25, 0.3) is 0 Å². The van der Waals surface area contributed by atoms with Crippen molar-refractivity contribution in [2.75, 3.05) is 5.73 Å². The van der Waals surface area contributed by atoms with Gasteiger partial charge in [-0.15, -0.1) is 10.2 Å². The number of azo groups is 1. The van der Waals surface area contributed by atoms with E-state index in [1.807, 2.05) is 36.1 Å². The van der Waals surface area contributed by atoms with E-state index in [9.17, 15) is 0 Å². The Balaban J connectivity index is 1.81. The SMILES string of the molecule is C[n+]1cccc(Cn2ncc(N=Nc3ccc(Cl)cc3Cl)c2N)c1. The highest BCUT2D eigenvalue weighted by Crippen LogP contribution is 2.30. The first-order chi connectivity index (χ1) is 11.5. The van der Waals surface area contributed by atoms with Gasteiger partial charge >= 0.3 is 0 Å². The molecule has 2 heterocycles. The predicted molar refractivity (Wildman–Crippen MR) is 94.0 cm³/mol. The number of hydrogen-bond donors (Lipinski definition) is 1. The highest BCUT2D eigenvalue weighted by atomic mass is 35.5. The van der Waals surface area contributed by atoms with E-state index in [4.69, 9.17) is 28.9 Å². The van der Waals surface area contributed by atoms with Crippen LogP contribution in [0, 0.1) is 0 Å². The molecule has 3 rings (SSSR count). The molecule has 0 atom stereocenters. The largest absolute Gasteiger partial charge is 0.382 e. The Hall–Kier alpha value is -2.44. The second kappa shape index (κ2) is 6.98. The van der Waals surface area contributed by atoms with Crippen LogP contribution in [0.4, 0.5) is 17.2 Å².